The van der Waals surface area contributed by atoms with Crippen LogP contribution in [0.2, 0.25) is 5.15 Å². The zero-order valence-electron chi connectivity index (χ0n) is 10.9. The van der Waals surface area contributed by atoms with Gasteiger partial charge in [0.05, 0.1) is 24.1 Å². The quantitative estimate of drug-likeness (QED) is 0.569. The number of fused-ring (bicyclic) bond motifs is 1. The van der Waals surface area contributed by atoms with E-state index in [-0.39, 0.29) is 17.7 Å². The molecule has 0 saturated heterocycles. The molecule has 8 heteroatoms. The van der Waals surface area contributed by atoms with Crippen molar-refractivity contribution >= 4 is 28.6 Å². The van der Waals surface area contributed by atoms with Gasteiger partial charge in [-0.05, 0) is 11.6 Å². The highest BCUT2D eigenvalue weighted by Gasteiger charge is 2.46. The molecule has 2 aromatic rings. The van der Waals surface area contributed by atoms with Gasteiger partial charge < -0.3 is 20.5 Å². The van der Waals surface area contributed by atoms with E-state index in [1.807, 2.05) is 0 Å². The maximum Gasteiger partial charge on any atom is 0.223 e. The summed E-state index contributed by atoms with van der Waals surface area (Å²) in [5, 5.41) is 19.9. The molecule has 4 atom stereocenters. The van der Waals surface area contributed by atoms with E-state index in [9.17, 15) is 14.6 Å². The number of hydrogen-bond donors (Lipinski definition) is 3. The van der Waals surface area contributed by atoms with Crippen molar-refractivity contribution < 1.29 is 14.6 Å². The standard InChI is InChI=1S/C13H14ClFN4O2/c1-5-7(4-20)10(21)8(15)9(5)19-3-2-6-11(14)17-13(16)18-12(6)19/h2-3,7-10,20-21H,1,4H2,(H2,16,17,18)/t7-,8?,9+,10?/m0/s1. The molecule has 3 rings (SSSR count). The molecular formula is C13H14ClFN4O2. The lowest BCUT2D eigenvalue weighted by Crippen LogP contribution is -2.27. The Bertz CT molecular complexity index is 720. The van der Waals surface area contributed by atoms with Gasteiger partial charge >= 0.3 is 0 Å². The van der Waals surface area contributed by atoms with Crippen molar-refractivity contribution in [1.29, 1.82) is 0 Å². The summed E-state index contributed by atoms with van der Waals surface area (Å²) in [5.74, 6) is -0.733. The normalized spacial score (nSPS) is 29.4. The van der Waals surface area contributed by atoms with Gasteiger partial charge in [-0.1, -0.05) is 18.2 Å². The van der Waals surface area contributed by atoms with E-state index >= 15 is 0 Å². The molecular weight excluding hydrogens is 299 g/mol. The predicted molar refractivity (Wildman–Crippen MR) is 76.6 cm³/mol. The van der Waals surface area contributed by atoms with Crippen molar-refractivity contribution in [3.63, 3.8) is 0 Å². The summed E-state index contributed by atoms with van der Waals surface area (Å²) in [7, 11) is 0. The third-order valence-electron chi connectivity index (χ3n) is 3.94. The summed E-state index contributed by atoms with van der Waals surface area (Å²) >= 11 is 5.99. The average Bonchev–Trinajstić information content (AvgIpc) is 2.91. The lowest BCUT2D eigenvalue weighted by atomic mass is 10.0. The average molecular weight is 313 g/mol. The molecule has 2 aromatic heterocycles. The van der Waals surface area contributed by atoms with Gasteiger partial charge in [-0.15, -0.1) is 0 Å². The molecule has 0 aromatic carbocycles. The number of rotatable bonds is 2. The van der Waals surface area contributed by atoms with E-state index in [0.29, 0.717) is 16.6 Å². The summed E-state index contributed by atoms with van der Waals surface area (Å²) < 4.78 is 15.9. The Morgan fingerprint density at radius 3 is 2.81 bits per heavy atom. The largest absolute Gasteiger partial charge is 0.396 e. The molecule has 0 bridgehead atoms. The number of aliphatic hydroxyl groups is 2. The maximum absolute atomic E-state index is 14.4. The van der Waals surface area contributed by atoms with Gasteiger partial charge in [0.25, 0.3) is 0 Å². The minimum absolute atomic E-state index is 0.0225. The second-order valence-corrected chi connectivity index (χ2v) is 5.43. The summed E-state index contributed by atoms with van der Waals surface area (Å²) in [6.07, 6.45) is -1.31. The summed E-state index contributed by atoms with van der Waals surface area (Å²) in [5.41, 5.74) is 6.35. The Hall–Kier alpha value is -1.70. The van der Waals surface area contributed by atoms with Crippen LogP contribution >= 0.6 is 11.6 Å². The fourth-order valence-corrected chi connectivity index (χ4v) is 3.08. The second-order valence-electron chi connectivity index (χ2n) is 5.08. The summed E-state index contributed by atoms with van der Waals surface area (Å²) in [6.45, 7) is 3.44. The lowest BCUT2D eigenvalue weighted by Gasteiger charge is -2.18. The Balaban J connectivity index is 2.15. The number of halogens is 2. The first-order valence-corrected chi connectivity index (χ1v) is 6.74. The van der Waals surface area contributed by atoms with E-state index in [1.54, 1.807) is 12.3 Å². The summed E-state index contributed by atoms with van der Waals surface area (Å²) in [4.78, 5) is 7.92. The van der Waals surface area contributed by atoms with Gasteiger partial charge in [0.2, 0.25) is 5.95 Å². The van der Waals surface area contributed by atoms with Crippen LogP contribution in [0.3, 0.4) is 0 Å². The van der Waals surface area contributed by atoms with Crippen molar-refractivity contribution in [3.8, 4) is 0 Å². The Labute approximate surface area is 124 Å². The van der Waals surface area contributed by atoms with E-state index in [1.165, 1.54) is 4.57 Å². The first-order valence-electron chi connectivity index (χ1n) is 6.37. The van der Waals surface area contributed by atoms with Crippen LogP contribution < -0.4 is 5.73 Å². The van der Waals surface area contributed by atoms with Crippen molar-refractivity contribution in [2.45, 2.75) is 18.3 Å². The van der Waals surface area contributed by atoms with Crippen molar-refractivity contribution in [3.05, 3.63) is 29.6 Å². The number of nitrogens with two attached hydrogens (primary N) is 1. The number of aromatic nitrogens is 3. The topological polar surface area (TPSA) is 97.2 Å². The lowest BCUT2D eigenvalue weighted by molar-refractivity contribution is 0.0427. The van der Waals surface area contributed by atoms with Gasteiger partial charge in [0.1, 0.15) is 10.8 Å². The fraction of sp³-hybridized carbons (Fsp3) is 0.385. The third-order valence-corrected chi connectivity index (χ3v) is 4.22. The molecule has 2 heterocycles. The number of nitrogens with zero attached hydrogens (tertiary/aromatic N) is 3. The second kappa shape index (κ2) is 4.94. The van der Waals surface area contributed by atoms with Crippen LogP contribution in [0.25, 0.3) is 11.0 Å². The van der Waals surface area contributed by atoms with E-state index < -0.39 is 24.2 Å². The predicted octanol–water partition coefficient (Wildman–Crippen LogP) is 1.09. The SMILES string of the molecule is C=C1[C@@H](n2ccc3c(Cl)nc(N)nc32)C(F)C(O)[C@H]1CO. The fourth-order valence-electron chi connectivity index (χ4n) is 2.85. The van der Waals surface area contributed by atoms with Crippen molar-refractivity contribution in [2.24, 2.45) is 5.92 Å². The molecule has 2 unspecified atom stereocenters. The first-order chi connectivity index (χ1) is 9.95. The van der Waals surface area contributed by atoms with Crippen LogP contribution in [0, 0.1) is 5.92 Å². The maximum atomic E-state index is 14.4. The highest BCUT2D eigenvalue weighted by atomic mass is 35.5. The Morgan fingerprint density at radius 1 is 1.48 bits per heavy atom. The number of hydrogen-bond acceptors (Lipinski definition) is 5. The van der Waals surface area contributed by atoms with Gasteiger partial charge in [0.15, 0.2) is 6.17 Å². The van der Waals surface area contributed by atoms with Crippen molar-refractivity contribution in [1.82, 2.24) is 14.5 Å². The summed E-state index contributed by atoms with van der Waals surface area (Å²) in [6, 6.07) is 0.815. The highest BCUT2D eigenvalue weighted by molar-refractivity contribution is 6.34. The molecule has 4 N–H and O–H groups in total. The number of aliphatic hydroxyl groups excluding tert-OH is 2. The zero-order chi connectivity index (χ0) is 15.3. The first kappa shape index (κ1) is 14.2. The minimum Gasteiger partial charge on any atom is -0.396 e. The van der Waals surface area contributed by atoms with Crippen LogP contribution in [-0.2, 0) is 0 Å². The molecule has 1 saturated carbocycles. The van der Waals surface area contributed by atoms with Gasteiger partial charge in [0, 0.05) is 12.1 Å². The van der Waals surface area contributed by atoms with E-state index in [0.717, 1.165) is 0 Å². The third kappa shape index (κ3) is 2.00. The molecule has 0 amide bonds. The van der Waals surface area contributed by atoms with Gasteiger partial charge in [-0.2, -0.15) is 4.98 Å². The number of nitrogen functional groups attached to an aromatic ring is 1. The molecule has 21 heavy (non-hydrogen) atoms. The van der Waals surface area contributed by atoms with E-state index in [2.05, 4.69) is 16.5 Å². The molecule has 0 aliphatic heterocycles. The molecule has 0 radical (unpaired) electrons. The smallest absolute Gasteiger partial charge is 0.223 e. The van der Waals surface area contributed by atoms with Gasteiger partial charge in [-0.3, -0.25) is 0 Å². The number of alkyl halides is 1. The van der Waals surface area contributed by atoms with Crippen LogP contribution in [0.1, 0.15) is 6.04 Å². The highest BCUT2D eigenvalue weighted by Crippen LogP contribution is 2.42. The monoisotopic (exact) mass is 312 g/mol. The minimum atomic E-state index is -1.60. The molecule has 0 spiro atoms. The number of anilines is 1. The molecule has 1 aliphatic carbocycles. The van der Waals surface area contributed by atoms with Crippen LogP contribution in [0.4, 0.5) is 10.3 Å². The Kier molecular flexibility index (Phi) is 3.35. The van der Waals surface area contributed by atoms with Gasteiger partial charge in [-0.25, -0.2) is 9.37 Å². The zero-order valence-corrected chi connectivity index (χ0v) is 11.7. The molecule has 112 valence electrons. The van der Waals surface area contributed by atoms with E-state index in [4.69, 9.17) is 17.3 Å². The van der Waals surface area contributed by atoms with Crippen LogP contribution in [0.15, 0.2) is 24.4 Å². The molecule has 1 aliphatic rings. The van der Waals surface area contributed by atoms with Crippen LogP contribution in [-0.4, -0.2) is 43.6 Å². The molecule has 1 fully saturated rings. The van der Waals surface area contributed by atoms with Crippen molar-refractivity contribution in [2.75, 3.05) is 12.3 Å². The Morgan fingerprint density at radius 2 is 2.19 bits per heavy atom. The van der Waals surface area contributed by atoms with Crippen LogP contribution in [0.5, 0.6) is 0 Å². The molecule has 6 nitrogen and oxygen atoms in total.